The SMILES string of the molecule is Nc1ccc(Cl)cc1OCc1ccccc1. The summed E-state index contributed by atoms with van der Waals surface area (Å²) in [5.74, 6) is 0.622. The van der Waals surface area contributed by atoms with E-state index in [1.54, 1.807) is 18.2 Å². The molecule has 2 N–H and O–H groups in total. The Kier molecular flexibility index (Phi) is 3.32. The van der Waals surface area contributed by atoms with Crippen molar-refractivity contribution in [3.05, 3.63) is 59.1 Å². The first-order valence-corrected chi connectivity index (χ1v) is 5.35. The molecular formula is C13H12ClNO. The number of nitrogens with two attached hydrogens (primary N) is 1. The van der Waals surface area contributed by atoms with Crippen molar-refractivity contribution in [3.63, 3.8) is 0 Å². The number of hydrogen-bond acceptors (Lipinski definition) is 2. The summed E-state index contributed by atoms with van der Waals surface area (Å²) in [6.07, 6.45) is 0. The molecule has 3 heteroatoms. The molecule has 0 fully saturated rings. The van der Waals surface area contributed by atoms with Crippen molar-refractivity contribution in [1.29, 1.82) is 0 Å². The van der Waals surface area contributed by atoms with E-state index in [1.165, 1.54) is 0 Å². The van der Waals surface area contributed by atoms with Gasteiger partial charge >= 0.3 is 0 Å². The highest BCUT2D eigenvalue weighted by Gasteiger charge is 2.01. The van der Waals surface area contributed by atoms with E-state index in [4.69, 9.17) is 22.1 Å². The second-order valence-electron chi connectivity index (χ2n) is 3.46. The summed E-state index contributed by atoms with van der Waals surface area (Å²) in [7, 11) is 0. The lowest BCUT2D eigenvalue weighted by atomic mass is 10.2. The molecule has 0 saturated heterocycles. The molecule has 2 rings (SSSR count). The predicted octanol–water partition coefficient (Wildman–Crippen LogP) is 3.50. The molecule has 2 aromatic carbocycles. The van der Waals surface area contributed by atoms with Gasteiger partial charge in [0.05, 0.1) is 5.69 Å². The third-order valence-electron chi connectivity index (χ3n) is 2.21. The fourth-order valence-electron chi connectivity index (χ4n) is 1.37. The summed E-state index contributed by atoms with van der Waals surface area (Å²) in [6.45, 7) is 0.491. The summed E-state index contributed by atoms with van der Waals surface area (Å²) in [6, 6.07) is 15.1. The van der Waals surface area contributed by atoms with E-state index in [0.717, 1.165) is 5.56 Å². The Morgan fingerprint density at radius 2 is 1.81 bits per heavy atom. The molecule has 2 aromatic rings. The Morgan fingerprint density at radius 3 is 2.56 bits per heavy atom. The van der Waals surface area contributed by atoms with Gasteiger partial charge in [0, 0.05) is 11.1 Å². The molecule has 0 spiro atoms. The minimum Gasteiger partial charge on any atom is -0.487 e. The van der Waals surface area contributed by atoms with Crippen LogP contribution in [0.1, 0.15) is 5.56 Å². The third-order valence-corrected chi connectivity index (χ3v) is 2.45. The highest BCUT2D eigenvalue weighted by atomic mass is 35.5. The van der Waals surface area contributed by atoms with Crippen LogP contribution in [0.4, 0.5) is 5.69 Å². The molecule has 0 bridgehead atoms. The topological polar surface area (TPSA) is 35.2 Å². The Morgan fingerprint density at radius 1 is 1.06 bits per heavy atom. The monoisotopic (exact) mass is 233 g/mol. The van der Waals surface area contributed by atoms with Crippen molar-refractivity contribution < 1.29 is 4.74 Å². The molecule has 0 aromatic heterocycles. The van der Waals surface area contributed by atoms with E-state index >= 15 is 0 Å². The van der Waals surface area contributed by atoms with Gasteiger partial charge in [-0.25, -0.2) is 0 Å². The molecule has 0 radical (unpaired) electrons. The summed E-state index contributed by atoms with van der Waals surface area (Å²) < 4.78 is 5.59. The van der Waals surface area contributed by atoms with Crippen LogP contribution >= 0.6 is 11.6 Å². The lowest BCUT2D eigenvalue weighted by Gasteiger charge is -2.09. The number of hydrogen-bond donors (Lipinski definition) is 1. The van der Waals surface area contributed by atoms with Gasteiger partial charge in [0.15, 0.2) is 0 Å². The van der Waals surface area contributed by atoms with Crippen molar-refractivity contribution in [1.82, 2.24) is 0 Å². The van der Waals surface area contributed by atoms with Crippen molar-refractivity contribution in [3.8, 4) is 5.75 Å². The molecule has 0 unspecified atom stereocenters. The maximum absolute atomic E-state index is 5.86. The maximum Gasteiger partial charge on any atom is 0.144 e. The van der Waals surface area contributed by atoms with Crippen molar-refractivity contribution in [2.75, 3.05) is 5.73 Å². The highest BCUT2D eigenvalue weighted by molar-refractivity contribution is 6.30. The molecule has 0 amide bonds. The van der Waals surface area contributed by atoms with E-state index in [1.807, 2.05) is 30.3 Å². The van der Waals surface area contributed by atoms with Crippen molar-refractivity contribution in [2.24, 2.45) is 0 Å². The molecule has 2 nitrogen and oxygen atoms in total. The van der Waals surface area contributed by atoms with Gasteiger partial charge in [0.1, 0.15) is 12.4 Å². The van der Waals surface area contributed by atoms with Crippen LogP contribution in [0.25, 0.3) is 0 Å². The zero-order chi connectivity index (χ0) is 11.4. The maximum atomic E-state index is 5.86. The number of benzene rings is 2. The normalized spacial score (nSPS) is 10.1. The van der Waals surface area contributed by atoms with Gasteiger partial charge < -0.3 is 10.5 Å². The molecule has 0 aliphatic rings. The number of halogens is 1. The number of ether oxygens (including phenoxy) is 1. The lowest BCUT2D eigenvalue weighted by molar-refractivity contribution is 0.308. The lowest BCUT2D eigenvalue weighted by Crippen LogP contribution is -1.98. The van der Waals surface area contributed by atoms with Gasteiger partial charge in [0.25, 0.3) is 0 Å². The first-order valence-electron chi connectivity index (χ1n) is 4.97. The van der Waals surface area contributed by atoms with Crippen LogP contribution in [0.2, 0.25) is 5.02 Å². The van der Waals surface area contributed by atoms with Crippen LogP contribution in [0.15, 0.2) is 48.5 Å². The summed E-state index contributed by atoms with van der Waals surface area (Å²) in [5, 5.41) is 0.622. The van der Waals surface area contributed by atoms with E-state index in [0.29, 0.717) is 23.1 Å². The van der Waals surface area contributed by atoms with Crippen LogP contribution in [-0.2, 0) is 6.61 Å². The average molecular weight is 234 g/mol. The molecular weight excluding hydrogens is 222 g/mol. The first-order chi connectivity index (χ1) is 7.75. The smallest absolute Gasteiger partial charge is 0.144 e. The first kappa shape index (κ1) is 10.8. The second-order valence-corrected chi connectivity index (χ2v) is 3.89. The zero-order valence-electron chi connectivity index (χ0n) is 8.69. The number of rotatable bonds is 3. The van der Waals surface area contributed by atoms with Crippen molar-refractivity contribution in [2.45, 2.75) is 6.61 Å². The molecule has 0 saturated carbocycles. The van der Waals surface area contributed by atoms with E-state index < -0.39 is 0 Å². The van der Waals surface area contributed by atoms with Gasteiger partial charge in [-0.3, -0.25) is 0 Å². The fraction of sp³-hybridized carbons (Fsp3) is 0.0769. The van der Waals surface area contributed by atoms with E-state index in [-0.39, 0.29) is 0 Å². The minimum atomic E-state index is 0.491. The molecule has 0 aliphatic heterocycles. The van der Waals surface area contributed by atoms with Gasteiger partial charge in [0.2, 0.25) is 0 Å². The summed E-state index contributed by atoms with van der Waals surface area (Å²) in [4.78, 5) is 0. The van der Waals surface area contributed by atoms with Gasteiger partial charge in [-0.05, 0) is 17.7 Å². The second kappa shape index (κ2) is 4.90. The Bertz CT molecular complexity index is 471. The number of anilines is 1. The van der Waals surface area contributed by atoms with E-state index in [2.05, 4.69) is 0 Å². The minimum absolute atomic E-state index is 0.491. The summed E-state index contributed by atoms with van der Waals surface area (Å²) >= 11 is 5.86. The molecule has 82 valence electrons. The van der Waals surface area contributed by atoms with Gasteiger partial charge in [-0.2, -0.15) is 0 Å². The Balaban J connectivity index is 2.08. The highest BCUT2D eigenvalue weighted by Crippen LogP contribution is 2.26. The fourth-order valence-corrected chi connectivity index (χ4v) is 1.53. The molecule has 0 atom stereocenters. The average Bonchev–Trinajstić information content (AvgIpc) is 2.32. The molecule has 0 heterocycles. The van der Waals surface area contributed by atoms with Gasteiger partial charge in [-0.15, -0.1) is 0 Å². The van der Waals surface area contributed by atoms with Crippen LogP contribution in [-0.4, -0.2) is 0 Å². The third kappa shape index (κ3) is 2.67. The van der Waals surface area contributed by atoms with Crippen molar-refractivity contribution >= 4 is 17.3 Å². The van der Waals surface area contributed by atoms with Crippen LogP contribution in [0.5, 0.6) is 5.75 Å². The molecule has 0 aliphatic carbocycles. The zero-order valence-corrected chi connectivity index (χ0v) is 9.45. The predicted molar refractivity (Wildman–Crippen MR) is 66.6 cm³/mol. The van der Waals surface area contributed by atoms with E-state index in [9.17, 15) is 0 Å². The van der Waals surface area contributed by atoms with Crippen LogP contribution in [0.3, 0.4) is 0 Å². The number of nitrogen functional groups attached to an aromatic ring is 1. The quantitative estimate of drug-likeness (QED) is 0.824. The Hall–Kier alpha value is -1.67. The van der Waals surface area contributed by atoms with Gasteiger partial charge in [-0.1, -0.05) is 41.9 Å². The Labute approximate surface area is 99.6 Å². The van der Waals surface area contributed by atoms with Crippen LogP contribution in [0, 0.1) is 0 Å². The largest absolute Gasteiger partial charge is 0.487 e. The van der Waals surface area contributed by atoms with Crippen LogP contribution < -0.4 is 10.5 Å². The summed E-state index contributed by atoms with van der Waals surface area (Å²) in [5.41, 5.74) is 7.47. The molecule has 16 heavy (non-hydrogen) atoms. The standard InChI is InChI=1S/C13H12ClNO/c14-11-6-7-12(15)13(8-11)16-9-10-4-2-1-3-5-10/h1-8H,9,15H2.